The predicted molar refractivity (Wildman–Crippen MR) is 89.8 cm³/mol. The molecule has 2 aromatic rings. The molecule has 0 radical (unpaired) electrons. The van der Waals surface area contributed by atoms with E-state index in [2.05, 4.69) is 50.1 Å². The normalized spacial score (nSPS) is 15.6. The number of rotatable bonds is 3. The topological polar surface area (TPSA) is 44.4 Å². The van der Waals surface area contributed by atoms with Gasteiger partial charge in [-0.3, -0.25) is 0 Å². The molecule has 0 spiro atoms. The van der Waals surface area contributed by atoms with Crippen LogP contribution >= 0.6 is 27.3 Å². The second kappa shape index (κ2) is 5.79. The lowest BCUT2D eigenvalue weighted by Crippen LogP contribution is -2.35. The van der Waals surface area contributed by atoms with Crippen molar-refractivity contribution in [2.75, 3.05) is 19.4 Å². The number of nitrogens with one attached hydrogen (secondary N) is 2. The molecule has 0 saturated heterocycles. The van der Waals surface area contributed by atoms with Crippen LogP contribution in [0.1, 0.15) is 22.7 Å². The van der Waals surface area contributed by atoms with E-state index < -0.39 is 0 Å². The smallest absolute Gasteiger partial charge is 0.321 e. The van der Waals surface area contributed by atoms with Crippen LogP contribution in [0, 0.1) is 0 Å². The van der Waals surface area contributed by atoms with Gasteiger partial charge in [-0.05, 0) is 57.2 Å². The second-order valence-electron chi connectivity index (χ2n) is 5.11. The summed E-state index contributed by atoms with van der Waals surface area (Å²) < 4.78 is 1.13. The van der Waals surface area contributed by atoms with E-state index in [1.54, 1.807) is 23.3 Å². The Labute approximate surface area is 136 Å². The predicted octanol–water partition coefficient (Wildman–Crippen LogP) is 3.80. The average Bonchev–Trinajstić information content (AvgIpc) is 2.87. The van der Waals surface area contributed by atoms with Crippen molar-refractivity contribution in [2.24, 2.45) is 0 Å². The summed E-state index contributed by atoms with van der Waals surface area (Å²) >= 11 is 5.20. The molecular weight excluding hydrogens is 350 g/mol. The van der Waals surface area contributed by atoms with Gasteiger partial charge in [-0.15, -0.1) is 11.3 Å². The first-order chi connectivity index (χ1) is 10.1. The van der Waals surface area contributed by atoms with Crippen LogP contribution in [0.15, 0.2) is 33.4 Å². The van der Waals surface area contributed by atoms with E-state index in [9.17, 15) is 4.79 Å². The van der Waals surface area contributed by atoms with Gasteiger partial charge in [0.15, 0.2) is 0 Å². The molecule has 6 heteroatoms. The number of urea groups is 1. The fourth-order valence-corrected chi connectivity index (χ4v) is 3.79. The molecule has 110 valence electrons. The summed E-state index contributed by atoms with van der Waals surface area (Å²) in [5.41, 5.74) is 4.49. The number of fused-ring (bicyclic) bond motifs is 1. The zero-order valence-corrected chi connectivity index (χ0v) is 14.2. The van der Waals surface area contributed by atoms with Crippen molar-refractivity contribution in [1.82, 2.24) is 10.2 Å². The van der Waals surface area contributed by atoms with Gasteiger partial charge in [0.2, 0.25) is 0 Å². The summed E-state index contributed by atoms with van der Waals surface area (Å²) in [4.78, 5) is 13.3. The fourth-order valence-electron chi connectivity index (χ4n) is 2.58. The van der Waals surface area contributed by atoms with E-state index in [1.807, 2.05) is 13.1 Å². The first-order valence-corrected chi connectivity index (χ1v) is 8.32. The van der Waals surface area contributed by atoms with Crippen molar-refractivity contribution < 1.29 is 4.79 Å². The lowest BCUT2D eigenvalue weighted by Gasteiger charge is -2.27. The van der Waals surface area contributed by atoms with Crippen LogP contribution in [0.25, 0.3) is 0 Å². The third-order valence-corrected chi connectivity index (χ3v) is 5.19. The van der Waals surface area contributed by atoms with Crippen LogP contribution in [-0.2, 0) is 6.54 Å². The van der Waals surface area contributed by atoms with E-state index in [1.165, 1.54) is 11.1 Å². The lowest BCUT2D eigenvalue weighted by atomic mass is 9.97. The highest BCUT2D eigenvalue weighted by atomic mass is 79.9. The molecule has 1 atom stereocenters. The molecule has 0 fully saturated rings. The Kier molecular flexibility index (Phi) is 4.01. The van der Waals surface area contributed by atoms with Gasteiger partial charge in [-0.25, -0.2) is 4.79 Å². The standard InChI is InChI=1S/C15H16BrN3OS/c1-17-14(11-6-13(16)21-8-11)9-3-4-12-10(5-9)7-19(2)15(20)18-12/h3-6,8,14,17H,7H2,1-2H3,(H,18,20). The molecule has 1 aromatic carbocycles. The molecule has 21 heavy (non-hydrogen) atoms. The van der Waals surface area contributed by atoms with Crippen LogP contribution in [0.5, 0.6) is 0 Å². The maximum atomic E-state index is 11.7. The zero-order chi connectivity index (χ0) is 15.0. The number of nitrogens with zero attached hydrogens (tertiary/aromatic N) is 1. The maximum absolute atomic E-state index is 11.7. The van der Waals surface area contributed by atoms with Crippen LogP contribution in [0.2, 0.25) is 0 Å². The first-order valence-electron chi connectivity index (χ1n) is 6.64. The minimum absolute atomic E-state index is 0.0535. The molecule has 1 aliphatic heterocycles. The van der Waals surface area contributed by atoms with E-state index in [0.717, 1.165) is 15.0 Å². The Balaban J connectivity index is 1.95. The Bertz CT molecular complexity index is 685. The molecule has 2 N–H and O–H groups in total. The van der Waals surface area contributed by atoms with Crippen molar-refractivity contribution in [3.8, 4) is 0 Å². The van der Waals surface area contributed by atoms with E-state index >= 15 is 0 Å². The summed E-state index contributed by atoms with van der Waals surface area (Å²) in [6.07, 6.45) is 0. The largest absolute Gasteiger partial charge is 0.323 e. The number of halogens is 1. The highest BCUT2D eigenvalue weighted by Crippen LogP contribution is 2.32. The van der Waals surface area contributed by atoms with Crippen LogP contribution < -0.4 is 10.6 Å². The van der Waals surface area contributed by atoms with Gasteiger partial charge >= 0.3 is 6.03 Å². The number of carbonyl (C=O) groups excluding carboxylic acids is 1. The number of thiophene rings is 1. The summed E-state index contributed by atoms with van der Waals surface area (Å²) in [6, 6.07) is 8.46. The molecule has 3 rings (SSSR count). The van der Waals surface area contributed by atoms with Crippen molar-refractivity contribution in [1.29, 1.82) is 0 Å². The minimum atomic E-state index is -0.0535. The Morgan fingerprint density at radius 1 is 1.38 bits per heavy atom. The molecule has 1 aromatic heterocycles. The molecule has 2 heterocycles. The molecule has 4 nitrogen and oxygen atoms in total. The van der Waals surface area contributed by atoms with Crippen LogP contribution in [0.3, 0.4) is 0 Å². The van der Waals surface area contributed by atoms with Gasteiger partial charge < -0.3 is 15.5 Å². The monoisotopic (exact) mass is 365 g/mol. The van der Waals surface area contributed by atoms with E-state index in [0.29, 0.717) is 6.54 Å². The van der Waals surface area contributed by atoms with E-state index in [-0.39, 0.29) is 12.1 Å². The third kappa shape index (κ3) is 2.84. The Morgan fingerprint density at radius 3 is 2.86 bits per heavy atom. The number of hydrogen-bond acceptors (Lipinski definition) is 3. The van der Waals surface area contributed by atoms with Gasteiger partial charge in [0.05, 0.1) is 9.83 Å². The fraction of sp³-hybridized carbons (Fsp3) is 0.267. The maximum Gasteiger partial charge on any atom is 0.321 e. The summed E-state index contributed by atoms with van der Waals surface area (Å²) in [5, 5.41) is 8.41. The number of anilines is 1. The lowest BCUT2D eigenvalue weighted by molar-refractivity contribution is 0.218. The molecule has 2 amide bonds. The quantitative estimate of drug-likeness (QED) is 0.868. The highest BCUT2D eigenvalue weighted by molar-refractivity contribution is 9.11. The molecular formula is C15H16BrN3OS. The van der Waals surface area contributed by atoms with Crippen molar-refractivity contribution >= 4 is 39.0 Å². The van der Waals surface area contributed by atoms with Gasteiger partial charge in [-0.1, -0.05) is 12.1 Å². The zero-order valence-electron chi connectivity index (χ0n) is 11.8. The number of carbonyl (C=O) groups is 1. The average molecular weight is 366 g/mol. The first kappa shape index (κ1) is 14.6. The van der Waals surface area contributed by atoms with Crippen molar-refractivity contribution in [3.63, 3.8) is 0 Å². The number of benzene rings is 1. The van der Waals surface area contributed by atoms with Gasteiger partial charge in [0.1, 0.15) is 0 Å². The van der Waals surface area contributed by atoms with Crippen LogP contribution in [0.4, 0.5) is 10.5 Å². The molecule has 0 bridgehead atoms. The summed E-state index contributed by atoms with van der Waals surface area (Å²) in [5.74, 6) is 0. The highest BCUT2D eigenvalue weighted by Gasteiger charge is 2.21. The summed E-state index contributed by atoms with van der Waals surface area (Å²) in [7, 11) is 3.76. The van der Waals surface area contributed by atoms with Gasteiger partial charge in [0.25, 0.3) is 0 Å². The Hall–Kier alpha value is -1.37. The minimum Gasteiger partial charge on any atom is -0.323 e. The SMILES string of the molecule is CNC(c1csc(Br)c1)c1ccc2c(c1)CN(C)C(=O)N2. The molecule has 1 unspecified atom stereocenters. The third-order valence-electron chi connectivity index (χ3n) is 3.67. The molecule has 0 saturated carbocycles. The van der Waals surface area contributed by atoms with Crippen molar-refractivity contribution in [3.05, 3.63) is 50.1 Å². The molecule has 0 aliphatic carbocycles. The molecule has 1 aliphatic rings. The van der Waals surface area contributed by atoms with Gasteiger partial charge in [-0.2, -0.15) is 0 Å². The number of hydrogen-bond donors (Lipinski definition) is 2. The van der Waals surface area contributed by atoms with Crippen molar-refractivity contribution in [2.45, 2.75) is 12.6 Å². The Morgan fingerprint density at radius 2 is 2.19 bits per heavy atom. The number of amides is 2. The van der Waals surface area contributed by atoms with Crippen LogP contribution in [-0.4, -0.2) is 25.0 Å². The summed E-state index contributed by atoms with van der Waals surface area (Å²) in [6.45, 7) is 0.638. The van der Waals surface area contributed by atoms with E-state index in [4.69, 9.17) is 0 Å². The second-order valence-corrected chi connectivity index (χ2v) is 7.40. The van der Waals surface area contributed by atoms with Gasteiger partial charge in [0, 0.05) is 19.3 Å².